The smallest absolute Gasteiger partial charge is 0.124 e. The molecule has 0 aromatic heterocycles. The van der Waals surface area contributed by atoms with Crippen molar-refractivity contribution in [3.8, 4) is 5.75 Å². The van der Waals surface area contributed by atoms with E-state index < -0.39 is 6.10 Å². The van der Waals surface area contributed by atoms with E-state index in [1.165, 1.54) is 0 Å². The van der Waals surface area contributed by atoms with Gasteiger partial charge in [0.1, 0.15) is 11.9 Å². The summed E-state index contributed by atoms with van der Waals surface area (Å²) in [6.07, 6.45) is 0.342. The van der Waals surface area contributed by atoms with E-state index in [-0.39, 0.29) is 6.10 Å². The highest BCUT2D eigenvalue weighted by Crippen LogP contribution is 2.24. The molecule has 3 nitrogen and oxygen atoms in total. The molecule has 2 atom stereocenters. The van der Waals surface area contributed by atoms with Gasteiger partial charge in [-0.15, -0.1) is 0 Å². The number of nitrogens with one attached hydrogen (secondary N) is 1. The Kier molecular flexibility index (Phi) is 6.47. The second-order valence-corrected chi connectivity index (χ2v) is 4.93. The Labute approximate surface area is 114 Å². The number of halogens is 1. The van der Waals surface area contributed by atoms with E-state index in [1.54, 1.807) is 13.0 Å². The van der Waals surface area contributed by atoms with Gasteiger partial charge < -0.3 is 15.2 Å². The zero-order valence-corrected chi connectivity index (χ0v) is 12.0. The highest BCUT2D eigenvalue weighted by atomic mass is 35.5. The number of aliphatic hydroxyl groups excluding tert-OH is 1. The molecule has 0 aliphatic heterocycles. The van der Waals surface area contributed by atoms with Crippen molar-refractivity contribution in [3.05, 3.63) is 28.8 Å². The van der Waals surface area contributed by atoms with E-state index in [4.69, 9.17) is 16.3 Å². The Hall–Kier alpha value is -0.770. The first-order valence-corrected chi connectivity index (χ1v) is 6.76. The maximum absolute atomic E-state index is 9.48. The first-order chi connectivity index (χ1) is 8.54. The lowest BCUT2D eigenvalue weighted by atomic mass is 10.2. The number of hydrogen-bond acceptors (Lipinski definition) is 3. The third-order valence-electron chi connectivity index (χ3n) is 2.76. The predicted molar refractivity (Wildman–Crippen MR) is 75.2 cm³/mol. The van der Waals surface area contributed by atoms with Crippen molar-refractivity contribution in [2.24, 2.45) is 0 Å². The molecule has 0 fully saturated rings. The molecular weight excluding hydrogens is 250 g/mol. The molecule has 0 amide bonds. The quantitative estimate of drug-likeness (QED) is 0.749. The third kappa shape index (κ3) is 4.84. The van der Waals surface area contributed by atoms with Crippen LogP contribution in [0.25, 0.3) is 0 Å². The Balaban J connectivity index is 2.75. The average Bonchev–Trinajstić information content (AvgIpc) is 2.32. The standard InChI is InChI=1S/C14H22ClNO2/c1-4-7-16-9-12-8-13(15)5-6-14(12)18-11(3)10(2)17/h5-6,8,10-11,16-17H,4,7,9H2,1-3H3. The van der Waals surface area contributed by atoms with Gasteiger partial charge in [0, 0.05) is 17.1 Å². The van der Waals surface area contributed by atoms with Crippen molar-refractivity contribution in [2.45, 2.75) is 45.9 Å². The lowest BCUT2D eigenvalue weighted by molar-refractivity contribution is 0.0597. The molecule has 1 aromatic rings. The van der Waals surface area contributed by atoms with Crippen LogP contribution in [0.1, 0.15) is 32.8 Å². The van der Waals surface area contributed by atoms with Crippen LogP contribution < -0.4 is 10.1 Å². The van der Waals surface area contributed by atoms with Crippen LogP contribution in [0.5, 0.6) is 5.75 Å². The number of hydrogen-bond donors (Lipinski definition) is 2. The lowest BCUT2D eigenvalue weighted by Gasteiger charge is -2.20. The van der Waals surface area contributed by atoms with Crippen molar-refractivity contribution in [1.82, 2.24) is 5.32 Å². The summed E-state index contributed by atoms with van der Waals surface area (Å²) in [6, 6.07) is 5.55. The fraction of sp³-hybridized carbons (Fsp3) is 0.571. The maximum Gasteiger partial charge on any atom is 0.124 e. The fourth-order valence-corrected chi connectivity index (χ4v) is 1.69. The van der Waals surface area contributed by atoms with Gasteiger partial charge in [0.05, 0.1) is 6.10 Å². The SMILES string of the molecule is CCCNCc1cc(Cl)ccc1OC(C)C(C)O. The van der Waals surface area contributed by atoms with Gasteiger partial charge >= 0.3 is 0 Å². The van der Waals surface area contributed by atoms with Crippen LogP contribution in [-0.4, -0.2) is 23.9 Å². The molecule has 0 aliphatic carbocycles. The molecule has 0 radical (unpaired) electrons. The molecule has 2 N–H and O–H groups in total. The predicted octanol–water partition coefficient (Wildman–Crippen LogP) is 2.99. The van der Waals surface area contributed by atoms with E-state index >= 15 is 0 Å². The highest BCUT2D eigenvalue weighted by Gasteiger charge is 2.13. The van der Waals surface area contributed by atoms with E-state index in [9.17, 15) is 5.11 Å². The fourth-order valence-electron chi connectivity index (χ4n) is 1.50. The summed E-state index contributed by atoms with van der Waals surface area (Å²) in [5, 5.41) is 13.5. The molecule has 1 rings (SSSR count). The Bertz CT molecular complexity index is 369. The molecule has 0 spiro atoms. The Morgan fingerprint density at radius 1 is 1.39 bits per heavy atom. The molecule has 0 saturated carbocycles. The molecule has 0 bridgehead atoms. The third-order valence-corrected chi connectivity index (χ3v) is 2.99. The Morgan fingerprint density at radius 2 is 2.11 bits per heavy atom. The molecule has 1 aromatic carbocycles. The van der Waals surface area contributed by atoms with Crippen LogP contribution >= 0.6 is 11.6 Å². The molecule has 18 heavy (non-hydrogen) atoms. The second-order valence-electron chi connectivity index (χ2n) is 4.49. The zero-order valence-electron chi connectivity index (χ0n) is 11.2. The van der Waals surface area contributed by atoms with Crippen LogP contribution in [-0.2, 0) is 6.54 Å². The first kappa shape index (κ1) is 15.3. The number of aliphatic hydroxyl groups is 1. The highest BCUT2D eigenvalue weighted by molar-refractivity contribution is 6.30. The molecule has 102 valence electrons. The van der Waals surface area contributed by atoms with Gasteiger partial charge in [-0.2, -0.15) is 0 Å². The van der Waals surface area contributed by atoms with Gasteiger partial charge in [0.15, 0.2) is 0 Å². The van der Waals surface area contributed by atoms with Crippen LogP contribution in [0.15, 0.2) is 18.2 Å². The summed E-state index contributed by atoms with van der Waals surface area (Å²) in [7, 11) is 0. The minimum Gasteiger partial charge on any atom is -0.488 e. The van der Waals surface area contributed by atoms with Gasteiger partial charge in [0.25, 0.3) is 0 Å². The molecule has 2 unspecified atom stereocenters. The topological polar surface area (TPSA) is 41.5 Å². The van der Waals surface area contributed by atoms with Crippen LogP contribution in [0.2, 0.25) is 5.02 Å². The van der Waals surface area contributed by atoms with Crippen LogP contribution in [0.4, 0.5) is 0 Å². The summed E-state index contributed by atoms with van der Waals surface area (Å²) in [6.45, 7) is 7.37. The van der Waals surface area contributed by atoms with Gasteiger partial charge in [-0.3, -0.25) is 0 Å². The zero-order chi connectivity index (χ0) is 13.5. The van der Waals surface area contributed by atoms with E-state index in [0.29, 0.717) is 5.02 Å². The van der Waals surface area contributed by atoms with Crippen LogP contribution in [0.3, 0.4) is 0 Å². The number of benzene rings is 1. The summed E-state index contributed by atoms with van der Waals surface area (Å²) in [5.41, 5.74) is 1.02. The lowest BCUT2D eigenvalue weighted by Crippen LogP contribution is -2.26. The van der Waals surface area contributed by atoms with Gasteiger partial charge in [-0.05, 0) is 45.0 Å². The van der Waals surface area contributed by atoms with Gasteiger partial charge in [-0.25, -0.2) is 0 Å². The first-order valence-electron chi connectivity index (χ1n) is 6.38. The monoisotopic (exact) mass is 271 g/mol. The van der Waals surface area contributed by atoms with Crippen molar-refractivity contribution < 1.29 is 9.84 Å². The van der Waals surface area contributed by atoms with E-state index in [1.807, 2.05) is 19.1 Å². The largest absolute Gasteiger partial charge is 0.488 e. The molecule has 0 saturated heterocycles. The normalized spacial score (nSPS) is 14.3. The van der Waals surface area contributed by atoms with Crippen molar-refractivity contribution in [3.63, 3.8) is 0 Å². The van der Waals surface area contributed by atoms with Crippen molar-refractivity contribution in [2.75, 3.05) is 6.54 Å². The summed E-state index contributed by atoms with van der Waals surface area (Å²) in [5.74, 6) is 0.774. The summed E-state index contributed by atoms with van der Waals surface area (Å²) < 4.78 is 5.74. The molecular formula is C14H22ClNO2. The second kappa shape index (κ2) is 7.62. The van der Waals surface area contributed by atoms with Crippen molar-refractivity contribution >= 4 is 11.6 Å². The number of rotatable bonds is 7. The summed E-state index contributed by atoms with van der Waals surface area (Å²) >= 11 is 6.00. The van der Waals surface area contributed by atoms with E-state index in [2.05, 4.69) is 12.2 Å². The van der Waals surface area contributed by atoms with Gasteiger partial charge in [-0.1, -0.05) is 18.5 Å². The van der Waals surface area contributed by atoms with Crippen molar-refractivity contribution in [1.29, 1.82) is 0 Å². The molecule has 0 aliphatic rings. The number of ether oxygens (including phenoxy) is 1. The van der Waals surface area contributed by atoms with Gasteiger partial charge in [0.2, 0.25) is 0 Å². The summed E-state index contributed by atoms with van der Waals surface area (Å²) in [4.78, 5) is 0. The average molecular weight is 272 g/mol. The minimum absolute atomic E-state index is 0.240. The van der Waals surface area contributed by atoms with E-state index in [0.717, 1.165) is 30.8 Å². The Morgan fingerprint density at radius 3 is 2.72 bits per heavy atom. The van der Waals surface area contributed by atoms with Crippen LogP contribution in [0, 0.1) is 0 Å². The molecule has 0 heterocycles. The maximum atomic E-state index is 9.48. The minimum atomic E-state index is -0.503. The molecule has 4 heteroatoms.